The second kappa shape index (κ2) is 7.35. The highest BCUT2D eigenvalue weighted by Gasteiger charge is 2.32. The van der Waals surface area contributed by atoms with Crippen molar-refractivity contribution in [3.05, 3.63) is 74.9 Å². The van der Waals surface area contributed by atoms with E-state index in [9.17, 15) is 0 Å². The van der Waals surface area contributed by atoms with E-state index < -0.39 is 0 Å². The van der Waals surface area contributed by atoms with Crippen LogP contribution in [0.25, 0.3) is 22.4 Å². The number of aromatic nitrogens is 1. The Bertz CT molecular complexity index is 1040. The molecule has 28 heavy (non-hydrogen) atoms. The maximum atomic E-state index is 6.55. The van der Waals surface area contributed by atoms with Crippen LogP contribution in [0.15, 0.2) is 48.5 Å². The smallest absolute Gasteiger partial charge is 0.0798 e. The van der Waals surface area contributed by atoms with Gasteiger partial charge in [-0.15, -0.1) is 0 Å². The fourth-order valence-electron chi connectivity index (χ4n) is 4.00. The molecule has 1 heterocycles. The van der Waals surface area contributed by atoms with Crippen LogP contribution in [0.5, 0.6) is 0 Å². The van der Waals surface area contributed by atoms with Crippen LogP contribution in [-0.4, -0.2) is 4.98 Å². The second-order valence-electron chi connectivity index (χ2n) is 8.20. The lowest BCUT2D eigenvalue weighted by Crippen LogP contribution is -2.30. The van der Waals surface area contributed by atoms with E-state index in [4.69, 9.17) is 45.5 Å². The number of nitrogens with two attached hydrogens (primary N) is 1. The summed E-state index contributed by atoms with van der Waals surface area (Å²) < 4.78 is 0. The van der Waals surface area contributed by atoms with Crippen LogP contribution < -0.4 is 5.73 Å². The summed E-state index contributed by atoms with van der Waals surface area (Å²) in [6.45, 7) is 4.47. The van der Waals surface area contributed by atoms with Crippen LogP contribution in [-0.2, 0) is 6.42 Å². The van der Waals surface area contributed by atoms with Crippen molar-refractivity contribution in [2.75, 3.05) is 0 Å². The van der Waals surface area contributed by atoms with Gasteiger partial charge in [0.1, 0.15) is 0 Å². The molecule has 1 aliphatic carbocycles. The zero-order chi connectivity index (χ0) is 20.1. The minimum atomic E-state index is -0.0351. The number of rotatable bonds is 2. The number of nitrogens with zero attached hydrogens (tertiary/aromatic N) is 1. The van der Waals surface area contributed by atoms with Crippen molar-refractivity contribution < 1.29 is 0 Å². The highest BCUT2D eigenvalue weighted by atomic mass is 35.5. The van der Waals surface area contributed by atoms with Crippen LogP contribution in [0.4, 0.5) is 0 Å². The van der Waals surface area contributed by atoms with E-state index in [1.54, 1.807) is 6.07 Å². The molecule has 2 aromatic carbocycles. The van der Waals surface area contributed by atoms with Gasteiger partial charge in [0.25, 0.3) is 0 Å². The molecule has 0 bridgehead atoms. The topological polar surface area (TPSA) is 38.9 Å². The SMILES string of the molecule is CC1(C)Cc2nc(-c3ccc(Cl)cc3Cl)c(-c3ccc(Cl)cc3)cc2C(N)C1. The molecule has 3 aromatic rings. The fourth-order valence-corrected chi connectivity index (χ4v) is 4.62. The Kier molecular flexibility index (Phi) is 5.18. The Morgan fingerprint density at radius 3 is 2.29 bits per heavy atom. The van der Waals surface area contributed by atoms with Crippen molar-refractivity contribution in [1.82, 2.24) is 4.98 Å². The molecule has 1 aromatic heterocycles. The summed E-state index contributed by atoms with van der Waals surface area (Å²) in [5, 5.41) is 1.87. The van der Waals surface area contributed by atoms with Gasteiger partial charge in [-0.3, -0.25) is 4.98 Å². The van der Waals surface area contributed by atoms with E-state index in [-0.39, 0.29) is 11.5 Å². The number of hydrogen-bond acceptors (Lipinski definition) is 2. The molecule has 0 radical (unpaired) electrons. The Morgan fingerprint density at radius 1 is 0.929 bits per heavy atom. The normalized spacial score (nSPS) is 18.0. The molecule has 4 rings (SSSR count). The van der Waals surface area contributed by atoms with Gasteiger partial charge in [-0.25, -0.2) is 0 Å². The predicted molar refractivity (Wildman–Crippen MR) is 119 cm³/mol. The minimum absolute atomic E-state index is 0.0351. The van der Waals surface area contributed by atoms with E-state index in [2.05, 4.69) is 19.9 Å². The predicted octanol–water partition coefficient (Wildman–Crippen LogP) is 7.35. The van der Waals surface area contributed by atoms with Gasteiger partial charge in [0.05, 0.1) is 10.7 Å². The summed E-state index contributed by atoms with van der Waals surface area (Å²) in [4.78, 5) is 5.08. The Hall–Kier alpha value is -1.58. The molecule has 1 unspecified atom stereocenters. The second-order valence-corrected chi connectivity index (χ2v) is 9.48. The maximum absolute atomic E-state index is 6.55. The van der Waals surface area contributed by atoms with Crippen molar-refractivity contribution in [3.8, 4) is 22.4 Å². The van der Waals surface area contributed by atoms with Crippen molar-refractivity contribution >= 4 is 34.8 Å². The maximum Gasteiger partial charge on any atom is 0.0798 e. The number of halogens is 3. The zero-order valence-electron chi connectivity index (χ0n) is 15.8. The number of benzene rings is 2. The van der Waals surface area contributed by atoms with E-state index >= 15 is 0 Å². The summed E-state index contributed by atoms with van der Waals surface area (Å²) >= 11 is 18.8. The van der Waals surface area contributed by atoms with Crippen LogP contribution in [0.3, 0.4) is 0 Å². The largest absolute Gasteiger partial charge is 0.324 e. The van der Waals surface area contributed by atoms with Gasteiger partial charge in [-0.2, -0.15) is 0 Å². The standard InChI is InChI=1S/C23H21Cl3N2/c1-23(2)11-20(27)18-10-17(13-3-5-14(24)6-4-13)22(28-21(18)12-23)16-8-7-15(25)9-19(16)26/h3-10,20H,11-12,27H2,1-2H3. The van der Waals surface area contributed by atoms with Crippen LogP contribution in [0, 0.1) is 5.41 Å². The Morgan fingerprint density at radius 2 is 1.61 bits per heavy atom. The molecule has 144 valence electrons. The fraction of sp³-hybridized carbons (Fsp3) is 0.261. The van der Waals surface area contributed by atoms with Gasteiger partial charge in [0, 0.05) is 32.9 Å². The highest BCUT2D eigenvalue weighted by Crippen LogP contribution is 2.43. The van der Waals surface area contributed by atoms with Gasteiger partial charge in [-0.05, 0) is 65.8 Å². The highest BCUT2D eigenvalue weighted by molar-refractivity contribution is 6.36. The summed E-state index contributed by atoms with van der Waals surface area (Å²) in [6, 6.07) is 15.4. The van der Waals surface area contributed by atoms with Gasteiger partial charge in [-0.1, -0.05) is 60.8 Å². The minimum Gasteiger partial charge on any atom is -0.324 e. The lowest BCUT2D eigenvalue weighted by Gasteiger charge is -2.35. The molecule has 0 aliphatic heterocycles. The third kappa shape index (κ3) is 3.79. The molecule has 1 atom stereocenters. The van der Waals surface area contributed by atoms with Gasteiger partial charge < -0.3 is 5.73 Å². The molecule has 1 aliphatic rings. The molecule has 2 N–H and O–H groups in total. The van der Waals surface area contributed by atoms with E-state index in [1.807, 2.05) is 36.4 Å². The van der Waals surface area contributed by atoms with Gasteiger partial charge >= 0.3 is 0 Å². The summed E-state index contributed by atoms with van der Waals surface area (Å²) in [5.74, 6) is 0. The molecule has 0 saturated heterocycles. The first-order valence-corrected chi connectivity index (χ1v) is 10.4. The summed E-state index contributed by atoms with van der Waals surface area (Å²) in [6.07, 6.45) is 1.82. The average Bonchev–Trinajstić information content (AvgIpc) is 2.61. The molecule has 0 fully saturated rings. The summed E-state index contributed by atoms with van der Waals surface area (Å²) in [7, 11) is 0. The third-order valence-electron chi connectivity index (χ3n) is 5.29. The van der Waals surface area contributed by atoms with Crippen molar-refractivity contribution in [1.29, 1.82) is 0 Å². The number of pyridine rings is 1. The van der Waals surface area contributed by atoms with Crippen LogP contribution in [0.1, 0.15) is 37.6 Å². The van der Waals surface area contributed by atoms with Crippen molar-refractivity contribution in [2.45, 2.75) is 32.7 Å². The first-order chi connectivity index (χ1) is 13.2. The lowest BCUT2D eigenvalue weighted by molar-refractivity contribution is 0.279. The third-order valence-corrected chi connectivity index (χ3v) is 6.09. The van der Waals surface area contributed by atoms with Crippen molar-refractivity contribution in [3.63, 3.8) is 0 Å². The van der Waals surface area contributed by atoms with Crippen LogP contribution >= 0.6 is 34.8 Å². The van der Waals surface area contributed by atoms with Crippen LogP contribution in [0.2, 0.25) is 15.1 Å². The first-order valence-electron chi connectivity index (χ1n) is 9.24. The van der Waals surface area contributed by atoms with E-state index in [0.29, 0.717) is 15.1 Å². The van der Waals surface area contributed by atoms with Gasteiger partial charge in [0.15, 0.2) is 0 Å². The molecule has 5 heteroatoms. The Balaban J connectivity index is 1.98. The van der Waals surface area contributed by atoms with E-state index in [1.165, 1.54) is 0 Å². The molecule has 0 spiro atoms. The monoisotopic (exact) mass is 430 g/mol. The Labute approximate surface area is 180 Å². The molecular formula is C23H21Cl3N2. The van der Waals surface area contributed by atoms with Gasteiger partial charge in [0.2, 0.25) is 0 Å². The molecule has 2 nitrogen and oxygen atoms in total. The average molecular weight is 432 g/mol. The van der Waals surface area contributed by atoms with Crippen molar-refractivity contribution in [2.24, 2.45) is 11.1 Å². The lowest BCUT2D eigenvalue weighted by atomic mass is 9.73. The quantitative estimate of drug-likeness (QED) is 0.460. The number of fused-ring (bicyclic) bond motifs is 1. The molecule has 0 amide bonds. The number of hydrogen-bond donors (Lipinski definition) is 1. The van der Waals surface area contributed by atoms with E-state index in [0.717, 1.165) is 46.5 Å². The first kappa shape index (κ1) is 19.7. The molecular weight excluding hydrogens is 411 g/mol. The molecule has 0 saturated carbocycles. The summed E-state index contributed by atoms with van der Waals surface area (Å²) in [5.41, 5.74) is 12.5. The zero-order valence-corrected chi connectivity index (χ0v) is 18.0.